The Bertz CT molecular complexity index is 737. The van der Waals surface area contributed by atoms with E-state index in [2.05, 4.69) is 81.8 Å². The molecule has 0 aliphatic heterocycles. The Morgan fingerprint density at radius 2 is 1.77 bits per heavy atom. The average molecular weight is 490 g/mol. The van der Waals surface area contributed by atoms with Crippen LogP contribution in [0.3, 0.4) is 0 Å². The Labute approximate surface area is 200 Å². The molecule has 4 aliphatic rings. The molecular weight excluding hydrogens is 444 g/mol. The number of rotatable bonds is 5. The first-order valence-corrected chi connectivity index (χ1v) is 14.1. The molecule has 0 heterocycles. The number of hydrogen-bond acceptors (Lipinski definition) is 1. The summed E-state index contributed by atoms with van der Waals surface area (Å²) in [5, 5.41) is 0. The third-order valence-electron chi connectivity index (χ3n) is 10.7. The van der Waals surface area contributed by atoms with E-state index >= 15 is 0 Å². The van der Waals surface area contributed by atoms with Gasteiger partial charge in [-0.25, -0.2) is 0 Å². The van der Waals surface area contributed by atoms with Gasteiger partial charge in [0.25, 0.3) is 0 Å². The van der Waals surface area contributed by atoms with Gasteiger partial charge in [0.15, 0.2) is 5.78 Å². The van der Waals surface area contributed by atoms with E-state index in [1.54, 1.807) is 0 Å². The van der Waals surface area contributed by atoms with Crippen LogP contribution >= 0.6 is 15.9 Å². The zero-order valence-corrected chi connectivity index (χ0v) is 22.3. The Kier molecular flexibility index (Phi) is 6.73. The fourth-order valence-electron chi connectivity index (χ4n) is 8.77. The molecule has 1 nitrogen and oxygen atoms in total. The topological polar surface area (TPSA) is 17.1 Å². The SMILES string of the molecule is CC[C@H](/C=C/[C@@H](C)[C@H]1CC[C@H]2[C@@H]3[C@H](Br)C(=O)[C@H]4CC=CC[C@]4(C)[C@H]3CC[C@]12C)C(C)C. The molecule has 0 amide bonds. The van der Waals surface area contributed by atoms with Gasteiger partial charge in [0.1, 0.15) is 0 Å². The van der Waals surface area contributed by atoms with Crippen molar-refractivity contribution < 1.29 is 4.79 Å². The highest BCUT2D eigenvalue weighted by atomic mass is 79.9. The van der Waals surface area contributed by atoms with Crippen molar-refractivity contribution in [2.24, 2.45) is 58.2 Å². The van der Waals surface area contributed by atoms with E-state index in [-0.39, 0.29) is 16.2 Å². The van der Waals surface area contributed by atoms with Gasteiger partial charge in [-0.2, -0.15) is 0 Å². The molecule has 0 spiro atoms. The van der Waals surface area contributed by atoms with E-state index in [0.29, 0.717) is 40.8 Å². The van der Waals surface area contributed by atoms with Crippen LogP contribution in [0.4, 0.5) is 0 Å². The molecular formula is C29H45BrO. The van der Waals surface area contributed by atoms with Gasteiger partial charge < -0.3 is 0 Å². The van der Waals surface area contributed by atoms with Gasteiger partial charge in [0, 0.05) is 5.92 Å². The number of alkyl halides is 1. The molecule has 31 heavy (non-hydrogen) atoms. The van der Waals surface area contributed by atoms with Crippen LogP contribution in [0.1, 0.15) is 86.5 Å². The minimum Gasteiger partial charge on any atom is -0.298 e. The largest absolute Gasteiger partial charge is 0.298 e. The van der Waals surface area contributed by atoms with Gasteiger partial charge in [0.2, 0.25) is 0 Å². The van der Waals surface area contributed by atoms with Crippen molar-refractivity contribution in [3.8, 4) is 0 Å². The molecule has 3 fully saturated rings. The first kappa shape index (κ1) is 23.8. The van der Waals surface area contributed by atoms with Crippen molar-refractivity contribution in [2.45, 2.75) is 91.3 Å². The van der Waals surface area contributed by atoms with E-state index < -0.39 is 0 Å². The predicted molar refractivity (Wildman–Crippen MR) is 135 cm³/mol. The molecule has 0 bridgehead atoms. The average Bonchev–Trinajstić information content (AvgIpc) is 3.09. The van der Waals surface area contributed by atoms with Gasteiger partial charge in [-0.1, -0.05) is 81.8 Å². The second-order valence-electron chi connectivity index (χ2n) is 12.4. The van der Waals surface area contributed by atoms with Crippen molar-refractivity contribution in [2.75, 3.05) is 0 Å². The third kappa shape index (κ3) is 3.75. The molecule has 0 aromatic heterocycles. The normalized spacial score (nSPS) is 46.6. The molecule has 0 saturated heterocycles. The molecule has 4 rings (SSSR count). The number of carbonyl (C=O) groups excluding carboxylic acids is 1. The lowest BCUT2D eigenvalue weighted by molar-refractivity contribution is -0.147. The standard InChI is InChI=1S/C29H45BrO/c1-7-20(18(2)3)12-11-19(4)21-13-14-22-25-23(15-17-29(21,22)6)28(5)16-9-8-10-24(28)27(31)26(25)30/h8-9,11-12,18-26H,7,10,13-17H2,1-6H3/b12-11+/t19-,20-,21-,22+,23+,24-,25+,26+,28-,29-/m1/s1. The lowest BCUT2D eigenvalue weighted by Crippen LogP contribution is -2.60. The Morgan fingerprint density at radius 3 is 2.45 bits per heavy atom. The molecule has 10 atom stereocenters. The fraction of sp³-hybridized carbons (Fsp3) is 0.828. The zero-order chi connectivity index (χ0) is 22.6. The van der Waals surface area contributed by atoms with Crippen molar-refractivity contribution in [3.63, 3.8) is 0 Å². The van der Waals surface area contributed by atoms with Gasteiger partial charge in [-0.05, 0) is 97.2 Å². The Morgan fingerprint density at radius 1 is 1.06 bits per heavy atom. The quantitative estimate of drug-likeness (QED) is 0.281. The first-order chi connectivity index (χ1) is 14.6. The van der Waals surface area contributed by atoms with Crippen LogP contribution in [0, 0.1) is 58.2 Å². The molecule has 2 heteroatoms. The van der Waals surface area contributed by atoms with Crippen LogP contribution in [0.2, 0.25) is 0 Å². The summed E-state index contributed by atoms with van der Waals surface area (Å²) in [7, 11) is 0. The van der Waals surface area contributed by atoms with E-state index in [4.69, 9.17) is 0 Å². The highest BCUT2D eigenvalue weighted by molar-refractivity contribution is 9.10. The minimum atomic E-state index is 0.0710. The van der Waals surface area contributed by atoms with E-state index in [1.807, 2.05) is 0 Å². The predicted octanol–water partition coefficient (Wildman–Crippen LogP) is 8.24. The summed E-state index contributed by atoms with van der Waals surface area (Å²) in [4.78, 5) is 13.6. The van der Waals surface area contributed by atoms with E-state index in [0.717, 1.165) is 24.7 Å². The van der Waals surface area contributed by atoms with Crippen molar-refractivity contribution in [3.05, 3.63) is 24.3 Å². The van der Waals surface area contributed by atoms with Gasteiger partial charge in [-0.15, -0.1) is 0 Å². The van der Waals surface area contributed by atoms with Crippen molar-refractivity contribution >= 4 is 21.7 Å². The summed E-state index contributed by atoms with van der Waals surface area (Å²) in [5.74, 6) is 5.45. The summed E-state index contributed by atoms with van der Waals surface area (Å²) in [6.45, 7) is 14.5. The highest BCUT2D eigenvalue weighted by Gasteiger charge is 2.64. The van der Waals surface area contributed by atoms with Crippen LogP contribution in [-0.2, 0) is 4.79 Å². The highest BCUT2D eigenvalue weighted by Crippen LogP contribution is 2.68. The number of halogens is 1. The smallest absolute Gasteiger partial charge is 0.150 e. The number of allylic oxidation sites excluding steroid dienone is 4. The van der Waals surface area contributed by atoms with Gasteiger partial charge in [-0.3, -0.25) is 4.79 Å². The number of fused-ring (bicyclic) bond motifs is 5. The Hall–Kier alpha value is -0.370. The fourth-order valence-corrected chi connectivity index (χ4v) is 9.83. The number of ketones is 1. The summed E-state index contributed by atoms with van der Waals surface area (Å²) < 4.78 is 0. The maximum atomic E-state index is 13.5. The zero-order valence-electron chi connectivity index (χ0n) is 20.7. The third-order valence-corrected chi connectivity index (χ3v) is 11.8. The molecule has 0 N–H and O–H groups in total. The lowest BCUT2D eigenvalue weighted by atomic mass is 9.45. The second-order valence-corrected chi connectivity index (χ2v) is 13.3. The number of Topliss-reactive ketones (excluding diaryl/α,β-unsaturated/α-hetero) is 1. The van der Waals surface area contributed by atoms with Crippen LogP contribution in [0.5, 0.6) is 0 Å². The molecule has 0 unspecified atom stereocenters. The van der Waals surface area contributed by atoms with Crippen LogP contribution < -0.4 is 0 Å². The van der Waals surface area contributed by atoms with Crippen LogP contribution in [0.15, 0.2) is 24.3 Å². The minimum absolute atomic E-state index is 0.0710. The number of carbonyl (C=O) groups is 1. The molecule has 0 radical (unpaired) electrons. The molecule has 4 aliphatic carbocycles. The van der Waals surface area contributed by atoms with E-state index in [9.17, 15) is 4.79 Å². The van der Waals surface area contributed by atoms with Crippen molar-refractivity contribution in [1.29, 1.82) is 0 Å². The van der Waals surface area contributed by atoms with Gasteiger partial charge >= 0.3 is 0 Å². The first-order valence-electron chi connectivity index (χ1n) is 13.2. The molecule has 0 aromatic rings. The van der Waals surface area contributed by atoms with Crippen LogP contribution in [0.25, 0.3) is 0 Å². The maximum Gasteiger partial charge on any atom is 0.150 e. The summed E-state index contributed by atoms with van der Waals surface area (Å²) in [6, 6.07) is 0. The van der Waals surface area contributed by atoms with Crippen molar-refractivity contribution in [1.82, 2.24) is 0 Å². The van der Waals surface area contributed by atoms with Gasteiger partial charge in [0.05, 0.1) is 4.83 Å². The summed E-state index contributed by atoms with van der Waals surface area (Å²) in [6.07, 6.45) is 18.3. The lowest BCUT2D eigenvalue weighted by Gasteiger charge is -2.60. The monoisotopic (exact) mass is 488 g/mol. The summed E-state index contributed by atoms with van der Waals surface area (Å²) >= 11 is 3.99. The maximum absolute atomic E-state index is 13.5. The molecule has 3 saturated carbocycles. The number of hydrogen-bond donors (Lipinski definition) is 0. The second kappa shape index (κ2) is 8.77. The molecule has 174 valence electrons. The Balaban J connectivity index is 1.58. The van der Waals surface area contributed by atoms with E-state index in [1.165, 1.54) is 32.1 Å². The van der Waals surface area contributed by atoms with Crippen LogP contribution in [-0.4, -0.2) is 10.6 Å². The molecule has 0 aromatic carbocycles. The summed E-state index contributed by atoms with van der Waals surface area (Å²) in [5.41, 5.74) is 0.557.